The van der Waals surface area contributed by atoms with Gasteiger partial charge in [-0.25, -0.2) is 4.57 Å². The van der Waals surface area contributed by atoms with Crippen molar-refractivity contribution in [1.29, 1.82) is 0 Å². The first kappa shape index (κ1) is 55.1. The van der Waals surface area contributed by atoms with Gasteiger partial charge >= 0.3 is 7.82 Å². The molecule has 12 nitrogen and oxygen atoms in total. The maximum absolute atomic E-state index is 12.9. The molecular weight excluding hydrogens is 761 g/mol. The Kier molecular flexibility index (Phi) is 33.9. The van der Waals surface area contributed by atoms with E-state index < -0.39 is 63.2 Å². The highest BCUT2D eigenvalue weighted by atomic mass is 31.2. The van der Waals surface area contributed by atoms with Gasteiger partial charge in [0.2, 0.25) is 5.91 Å². The van der Waals surface area contributed by atoms with Crippen LogP contribution in [-0.4, -0.2) is 96.8 Å². The highest BCUT2D eigenvalue weighted by Crippen LogP contribution is 2.47. The van der Waals surface area contributed by atoms with Crippen LogP contribution in [0.3, 0.4) is 0 Å². The third kappa shape index (κ3) is 27.1. The van der Waals surface area contributed by atoms with Gasteiger partial charge in [0.25, 0.3) is 0 Å². The largest absolute Gasteiger partial charge is 0.472 e. The Labute approximate surface area is 352 Å². The smallest absolute Gasteiger partial charge is 0.387 e. The molecule has 9 atom stereocenters. The van der Waals surface area contributed by atoms with E-state index in [-0.39, 0.29) is 12.3 Å². The Morgan fingerprint density at radius 3 is 1.31 bits per heavy atom. The van der Waals surface area contributed by atoms with Crippen LogP contribution in [0.15, 0.2) is 12.2 Å². The van der Waals surface area contributed by atoms with Crippen molar-refractivity contribution in [2.24, 2.45) is 0 Å². The fourth-order valence-electron chi connectivity index (χ4n) is 7.67. The van der Waals surface area contributed by atoms with E-state index in [9.17, 15) is 44.9 Å². The SMILES string of the molecule is CCCCCCCCCCCC/C=C/[C@@H](O)[C@H](COP(=O)(O)OC1C(O)C(O)C(O)[C@@H](O)C1O)NC(=O)CCCCCCCCCCCCCCCCCCCCC. The summed E-state index contributed by atoms with van der Waals surface area (Å²) in [5, 5.41) is 63.9. The fourth-order valence-corrected chi connectivity index (χ4v) is 8.64. The topological polar surface area (TPSA) is 206 Å². The Balaban J connectivity index is 2.44. The first-order chi connectivity index (χ1) is 27.9. The van der Waals surface area contributed by atoms with Crippen molar-refractivity contribution in [3.8, 4) is 0 Å². The lowest BCUT2D eigenvalue weighted by Gasteiger charge is -2.41. The molecule has 58 heavy (non-hydrogen) atoms. The van der Waals surface area contributed by atoms with E-state index in [0.717, 1.165) is 44.9 Å². The maximum Gasteiger partial charge on any atom is 0.472 e. The van der Waals surface area contributed by atoms with Gasteiger partial charge in [0.1, 0.15) is 36.6 Å². The van der Waals surface area contributed by atoms with Crippen LogP contribution in [0.5, 0.6) is 0 Å². The number of hydrogen-bond donors (Lipinski definition) is 8. The lowest BCUT2D eigenvalue weighted by Crippen LogP contribution is -2.64. The quantitative estimate of drug-likeness (QED) is 0.0167. The minimum atomic E-state index is -5.07. The molecule has 0 radical (unpaired) electrons. The molecule has 6 unspecified atom stereocenters. The monoisotopic (exact) mass is 850 g/mol. The van der Waals surface area contributed by atoms with Crippen molar-refractivity contribution in [2.75, 3.05) is 6.61 Å². The maximum atomic E-state index is 12.9. The number of aliphatic hydroxyl groups is 6. The van der Waals surface area contributed by atoms with Gasteiger partial charge in [-0.15, -0.1) is 0 Å². The molecule has 8 N–H and O–H groups in total. The Morgan fingerprint density at radius 1 is 0.569 bits per heavy atom. The summed E-state index contributed by atoms with van der Waals surface area (Å²) in [4.78, 5) is 23.4. The molecule has 1 aliphatic rings. The predicted octanol–water partition coefficient (Wildman–Crippen LogP) is 8.84. The molecule has 0 bridgehead atoms. The zero-order chi connectivity index (χ0) is 42.9. The van der Waals surface area contributed by atoms with E-state index in [4.69, 9.17) is 9.05 Å². The Bertz CT molecular complexity index is 1040. The average Bonchev–Trinajstić information content (AvgIpc) is 3.20. The third-order valence-electron chi connectivity index (χ3n) is 11.6. The number of carbonyl (C=O) groups is 1. The second-order valence-corrected chi connectivity index (χ2v) is 18.4. The van der Waals surface area contributed by atoms with E-state index in [1.807, 2.05) is 6.08 Å². The van der Waals surface area contributed by atoms with Crippen molar-refractivity contribution in [3.05, 3.63) is 12.2 Å². The fraction of sp³-hybridized carbons (Fsp3) is 0.933. The Morgan fingerprint density at radius 2 is 0.914 bits per heavy atom. The number of aliphatic hydroxyl groups excluding tert-OH is 6. The third-order valence-corrected chi connectivity index (χ3v) is 12.6. The summed E-state index contributed by atoms with van der Waals surface area (Å²) in [6, 6.07) is -1.11. The molecule has 1 saturated carbocycles. The molecule has 0 aromatic carbocycles. The summed E-state index contributed by atoms with van der Waals surface area (Å²) in [5.41, 5.74) is 0. The van der Waals surface area contributed by atoms with Crippen LogP contribution in [0, 0.1) is 0 Å². The number of amides is 1. The number of phosphoric ester groups is 1. The zero-order valence-electron chi connectivity index (χ0n) is 36.6. The van der Waals surface area contributed by atoms with Crippen molar-refractivity contribution in [3.63, 3.8) is 0 Å². The van der Waals surface area contributed by atoms with Crippen LogP contribution in [-0.2, 0) is 18.4 Å². The second kappa shape index (κ2) is 35.7. The van der Waals surface area contributed by atoms with Crippen molar-refractivity contribution < 1.29 is 53.9 Å². The molecule has 0 aromatic rings. The number of allylic oxidation sites excluding steroid dienone is 1. The first-order valence-corrected chi connectivity index (χ1v) is 25.1. The molecule has 1 aliphatic carbocycles. The highest BCUT2D eigenvalue weighted by molar-refractivity contribution is 7.47. The lowest BCUT2D eigenvalue weighted by molar-refractivity contribution is -0.220. The zero-order valence-corrected chi connectivity index (χ0v) is 37.5. The molecule has 0 aromatic heterocycles. The minimum Gasteiger partial charge on any atom is -0.387 e. The Hall–Kier alpha value is -0.920. The number of nitrogens with one attached hydrogen (secondary N) is 1. The van der Waals surface area contributed by atoms with E-state index in [1.54, 1.807) is 0 Å². The van der Waals surface area contributed by atoms with Gasteiger partial charge in [-0.1, -0.05) is 199 Å². The van der Waals surface area contributed by atoms with Gasteiger partial charge in [0.05, 0.1) is 18.8 Å². The van der Waals surface area contributed by atoms with Gasteiger partial charge in [-0.3, -0.25) is 13.8 Å². The number of carbonyl (C=O) groups excluding carboxylic acids is 1. The van der Waals surface area contributed by atoms with Crippen LogP contribution in [0.1, 0.15) is 213 Å². The van der Waals surface area contributed by atoms with Crippen LogP contribution in [0.2, 0.25) is 0 Å². The van der Waals surface area contributed by atoms with Gasteiger partial charge in [0.15, 0.2) is 0 Å². The molecule has 344 valence electrons. The molecule has 13 heteroatoms. The van der Waals surface area contributed by atoms with E-state index >= 15 is 0 Å². The standard InChI is InChI=1S/C45H88NO11P/c1-3-5-7-9-11-13-15-17-18-19-20-21-22-23-25-27-29-31-33-35-39(48)46-37(38(47)34-32-30-28-26-24-16-14-12-10-8-6-4-2)36-56-58(54,55)57-45-43(52)41(50)40(49)42(51)44(45)53/h32,34,37-38,40-45,47,49-53H,3-31,33,35-36H2,1-2H3,(H,46,48)(H,54,55)/b34-32+/t37-,38+,40?,41+,42?,43?,44?,45?/m0/s1. The summed E-state index contributed by atoms with van der Waals surface area (Å²) in [6.07, 6.45) is 27.1. The number of hydrogen-bond acceptors (Lipinski definition) is 10. The van der Waals surface area contributed by atoms with Crippen LogP contribution in [0.25, 0.3) is 0 Å². The second-order valence-electron chi connectivity index (χ2n) is 17.0. The molecule has 0 saturated heterocycles. The summed E-state index contributed by atoms with van der Waals surface area (Å²) in [5.74, 6) is -0.338. The van der Waals surface area contributed by atoms with Crippen LogP contribution < -0.4 is 5.32 Å². The minimum absolute atomic E-state index is 0.218. The molecule has 0 aliphatic heterocycles. The lowest BCUT2D eigenvalue weighted by atomic mass is 9.85. The van der Waals surface area contributed by atoms with E-state index in [2.05, 4.69) is 19.2 Å². The van der Waals surface area contributed by atoms with Crippen molar-refractivity contribution >= 4 is 13.7 Å². The molecule has 1 amide bonds. The van der Waals surface area contributed by atoms with Crippen LogP contribution >= 0.6 is 7.82 Å². The highest BCUT2D eigenvalue weighted by Gasteiger charge is 2.51. The summed E-state index contributed by atoms with van der Waals surface area (Å²) < 4.78 is 22.9. The van der Waals surface area contributed by atoms with E-state index in [1.165, 1.54) is 147 Å². The average molecular weight is 850 g/mol. The molecule has 0 spiro atoms. The number of phosphoric acid groups is 1. The number of unbranched alkanes of at least 4 members (excludes halogenated alkanes) is 28. The normalized spacial score (nSPS) is 23.3. The summed E-state index contributed by atoms with van der Waals surface area (Å²) in [6.45, 7) is 3.84. The summed E-state index contributed by atoms with van der Waals surface area (Å²) in [7, 11) is -5.07. The molecule has 1 fully saturated rings. The van der Waals surface area contributed by atoms with Gasteiger partial charge < -0.3 is 40.8 Å². The van der Waals surface area contributed by atoms with Crippen molar-refractivity contribution in [1.82, 2.24) is 5.32 Å². The van der Waals surface area contributed by atoms with E-state index in [0.29, 0.717) is 6.42 Å². The van der Waals surface area contributed by atoms with Crippen molar-refractivity contribution in [2.45, 2.75) is 262 Å². The molecule has 1 rings (SSSR count). The first-order valence-electron chi connectivity index (χ1n) is 23.6. The van der Waals surface area contributed by atoms with Crippen LogP contribution in [0.4, 0.5) is 0 Å². The van der Waals surface area contributed by atoms with Gasteiger partial charge in [0, 0.05) is 6.42 Å². The van der Waals surface area contributed by atoms with Gasteiger partial charge in [-0.2, -0.15) is 0 Å². The summed E-state index contributed by atoms with van der Waals surface area (Å²) >= 11 is 0. The molecule has 0 heterocycles. The molecular formula is C45H88NO11P. The van der Waals surface area contributed by atoms with Gasteiger partial charge in [-0.05, 0) is 19.3 Å². The number of rotatable bonds is 39. The predicted molar refractivity (Wildman–Crippen MR) is 232 cm³/mol.